The number of imidazole rings is 1. The van der Waals surface area contributed by atoms with Gasteiger partial charge in [0.2, 0.25) is 11.6 Å². The summed E-state index contributed by atoms with van der Waals surface area (Å²) in [5.74, 6) is -0.124. The maximum atomic E-state index is 13.2. The Balaban J connectivity index is 1.77. The minimum Gasteiger partial charge on any atom is -0.454 e. The molecule has 7 nitrogen and oxygen atoms in total. The van der Waals surface area contributed by atoms with Crippen LogP contribution in [0, 0.1) is 0 Å². The van der Waals surface area contributed by atoms with Crippen LogP contribution in [0.15, 0.2) is 11.3 Å². The summed E-state index contributed by atoms with van der Waals surface area (Å²) in [5, 5.41) is 0. The van der Waals surface area contributed by atoms with Crippen LogP contribution in [0.1, 0.15) is 72.4 Å². The van der Waals surface area contributed by atoms with Crippen LogP contribution < -0.4 is 0 Å². The Morgan fingerprint density at radius 1 is 1.24 bits per heavy atom. The zero-order valence-electron chi connectivity index (χ0n) is 14.5. The van der Waals surface area contributed by atoms with E-state index in [0.29, 0.717) is 42.2 Å². The van der Waals surface area contributed by atoms with Gasteiger partial charge in [-0.3, -0.25) is 14.4 Å². The van der Waals surface area contributed by atoms with Gasteiger partial charge in [-0.1, -0.05) is 13.3 Å². The number of esters is 1. The van der Waals surface area contributed by atoms with E-state index in [1.54, 1.807) is 4.57 Å². The fraction of sp³-hybridized carbons (Fsp3) is 0.556. The van der Waals surface area contributed by atoms with Gasteiger partial charge in [-0.15, -0.1) is 0 Å². The van der Waals surface area contributed by atoms with E-state index in [-0.39, 0.29) is 23.2 Å². The van der Waals surface area contributed by atoms with Gasteiger partial charge in [0.15, 0.2) is 11.9 Å². The van der Waals surface area contributed by atoms with Crippen LogP contribution in [0.2, 0.25) is 0 Å². The smallest absolute Gasteiger partial charge is 0.303 e. The predicted molar refractivity (Wildman–Crippen MR) is 88.1 cm³/mol. The molecule has 7 heteroatoms. The molecular formula is C18H21N3O4. The largest absolute Gasteiger partial charge is 0.454 e. The number of carbonyl (C=O) groups excluding carboxylic acids is 3. The molecule has 1 atom stereocenters. The van der Waals surface area contributed by atoms with Gasteiger partial charge in [0, 0.05) is 38.6 Å². The van der Waals surface area contributed by atoms with Crippen molar-refractivity contribution in [3.63, 3.8) is 0 Å². The SMILES string of the molecule is CCCCC1=C(N2CC2)C(=O)c2nc3n(c2C1=O)CCC3OC(C)=O. The number of hydrogen-bond donors (Lipinski definition) is 0. The molecule has 1 aromatic heterocycles. The summed E-state index contributed by atoms with van der Waals surface area (Å²) < 4.78 is 7.07. The minimum atomic E-state index is -0.479. The summed E-state index contributed by atoms with van der Waals surface area (Å²) in [6, 6.07) is 0. The minimum absolute atomic E-state index is 0.0906. The van der Waals surface area contributed by atoms with Crippen molar-refractivity contribution in [2.45, 2.75) is 52.2 Å². The predicted octanol–water partition coefficient (Wildman–Crippen LogP) is 2.03. The van der Waals surface area contributed by atoms with Gasteiger partial charge >= 0.3 is 5.97 Å². The highest BCUT2D eigenvalue weighted by atomic mass is 16.5. The van der Waals surface area contributed by atoms with E-state index in [1.165, 1.54) is 6.92 Å². The zero-order chi connectivity index (χ0) is 17.7. The molecule has 0 saturated carbocycles. The molecule has 2 aliphatic heterocycles. The topological polar surface area (TPSA) is 81.3 Å². The fourth-order valence-electron chi connectivity index (χ4n) is 3.71. The third-order valence-corrected chi connectivity index (χ3v) is 4.96. The highest BCUT2D eigenvalue weighted by molar-refractivity contribution is 6.25. The van der Waals surface area contributed by atoms with Crippen molar-refractivity contribution in [1.82, 2.24) is 14.5 Å². The van der Waals surface area contributed by atoms with Crippen LogP contribution in [0.5, 0.6) is 0 Å². The van der Waals surface area contributed by atoms with E-state index >= 15 is 0 Å². The molecule has 3 heterocycles. The molecule has 0 aromatic carbocycles. The third kappa shape index (κ3) is 2.49. The summed E-state index contributed by atoms with van der Waals surface area (Å²) in [7, 11) is 0. The molecule has 0 radical (unpaired) electrons. The molecule has 1 aromatic rings. The first-order valence-electron chi connectivity index (χ1n) is 8.88. The summed E-state index contributed by atoms with van der Waals surface area (Å²) in [5.41, 5.74) is 1.76. The van der Waals surface area contributed by atoms with Crippen molar-refractivity contribution in [1.29, 1.82) is 0 Å². The van der Waals surface area contributed by atoms with E-state index in [9.17, 15) is 14.4 Å². The molecule has 25 heavy (non-hydrogen) atoms. The fourth-order valence-corrected chi connectivity index (χ4v) is 3.71. The number of unbranched alkanes of at least 4 members (excludes halogenated alkanes) is 1. The second kappa shape index (κ2) is 5.82. The summed E-state index contributed by atoms with van der Waals surface area (Å²) in [6.07, 6.45) is 2.55. The number of ketones is 2. The molecule has 4 rings (SSSR count). The molecule has 1 saturated heterocycles. The van der Waals surface area contributed by atoms with Crippen LogP contribution in [0.4, 0.5) is 0 Å². The summed E-state index contributed by atoms with van der Waals surface area (Å²) in [4.78, 5) is 43.8. The van der Waals surface area contributed by atoms with Gasteiger partial charge in [-0.25, -0.2) is 4.98 Å². The lowest BCUT2D eigenvalue weighted by Gasteiger charge is -2.20. The first-order chi connectivity index (χ1) is 12.0. The Bertz CT molecular complexity index is 817. The molecule has 1 aliphatic carbocycles. The van der Waals surface area contributed by atoms with Crippen molar-refractivity contribution >= 4 is 17.5 Å². The number of rotatable bonds is 5. The molecule has 0 bridgehead atoms. The van der Waals surface area contributed by atoms with E-state index in [1.807, 2.05) is 4.90 Å². The van der Waals surface area contributed by atoms with Crippen LogP contribution in [-0.2, 0) is 16.1 Å². The van der Waals surface area contributed by atoms with Gasteiger partial charge in [-0.2, -0.15) is 0 Å². The number of fused-ring (bicyclic) bond motifs is 3. The van der Waals surface area contributed by atoms with E-state index in [0.717, 1.165) is 25.9 Å². The van der Waals surface area contributed by atoms with E-state index < -0.39 is 6.10 Å². The van der Waals surface area contributed by atoms with Crippen molar-refractivity contribution in [3.05, 3.63) is 28.5 Å². The summed E-state index contributed by atoms with van der Waals surface area (Å²) >= 11 is 0. The Kier molecular flexibility index (Phi) is 3.74. The third-order valence-electron chi connectivity index (χ3n) is 4.96. The Labute approximate surface area is 145 Å². The van der Waals surface area contributed by atoms with E-state index in [2.05, 4.69) is 11.9 Å². The van der Waals surface area contributed by atoms with Crippen LogP contribution in [-0.4, -0.2) is 45.1 Å². The molecule has 132 valence electrons. The quantitative estimate of drug-likeness (QED) is 0.601. The Morgan fingerprint density at radius 3 is 2.64 bits per heavy atom. The van der Waals surface area contributed by atoms with Crippen LogP contribution in [0.25, 0.3) is 0 Å². The highest BCUT2D eigenvalue weighted by Gasteiger charge is 2.44. The summed E-state index contributed by atoms with van der Waals surface area (Å²) in [6.45, 7) is 5.57. The average Bonchev–Trinajstić information content (AvgIpc) is 3.21. The Morgan fingerprint density at radius 2 is 2.00 bits per heavy atom. The molecule has 3 aliphatic rings. The number of aromatic nitrogens is 2. The molecule has 0 amide bonds. The first-order valence-corrected chi connectivity index (χ1v) is 8.88. The van der Waals surface area contributed by atoms with E-state index in [4.69, 9.17) is 4.74 Å². The number of allylic oxidation sites excluding steroid dienone is 2. The molecule has 1 unspecified atom stereocenters. The first kappa shape index (κ1) is 16.1. The van der Waals surface area contributed by atoms with Crippen molar-refractivity contribution in [3.8, 4) is 0 Å². The second-order valence-corrected chi connectivity index (χ2v) is 6.78. The molecule has 0 spiro atoms. The van der Waals surface area contributed by atoms with Gasteiger partial charge in [0.1, 0.15) is 11.4 Å². The van der Waals surface area contributed by atoms with Crippen molar-refractivity contribution < 1.29 is 19.1 Å². The van der Waals surface area contributed by atoms with Crippen LogP contribution in [0.3, 0.4) is 0 Å². The van der Waals surface area contributed by atoms with Crippen molar-refractivity contribution in [2.75, 3.05) is 13.1 Å². The second-order valence-electron chi connectivity index (χ2n) is 6.78. The number of carbonyl (C=O) groups is 3. The number of ether oxygens (including phenoxy) is 1. The lowest BCUT2D eigenvalue weighted by Crippen LogP contribution is -2.27. The van der Waals surface area contributed by atoms with Gasteiger partial charge in [0.25, 0.3) is 0 Å². The lowest BCUT2D eigenvalue weighted by atomic mass is 9.90. The average molecular weight is 343 g/mol. The van der Waals surface area contributed by atoms with Gasteiger partial charge < -0.3 is 14.2 Å². The number of hydrogen-bond acceptors (Lipinski definition) is 6. The van der Waals surface area contributed by atoms with Crippen LogP contribution >= 0.6 is 0 Å². The molecular weight excluding hydrogens is 322 g/mol. The molecule has 0 N–H and O–H groups in total. The standard InChI is InChI=1S/C18H21N3O4/c1-3-4-5-11-14(20-8-9-20)17(24)13-15(16(11)23)21-7-6-12(18(21)19-13)25-10(2)22/h12H,3-9H2,1-2H3. The highest BCUT2D eigenvalue weighted by Crippen LogP contribution is 2.38. The lowest BCUT2D eigenvalue weighted by molar-refractivity contribution is -0.146. The maximum Gasteiger partial charge on any atom is 0.303 e. The normalized spacial score (nSPS) is 21.5. The monoisotopic (exact) mass is 343 g/mol. The number of nitrogens with zero attached hydrogens (tertiary/aromatic N) is 3. The zero-order valence-corrected chi connectivity index (χ0v) is 14.5. The molecule has 1 fully saturated rings. The Hall–Kier alpha value is -2.44. The van der Waals surface area contributed by atoms with Gasteiger partial charge in [0.05, 0.1) is 5.70 Å². The number of Topliss-reactive ketones (excluding diaryl/α,β-unsaturated/α-hetero) is 2. The maximum absolute atomic E-state index is 13.2. The van der Waals surface area contributed by atoms with Crippen molar-refractivity contribution in [2.24, 2.45) is 0 Å². The van der Waals surface area contributed by atoms with Gasteiger partial charge in [-0.05, 0) is 12.8 Å².